The molecular weight excluding hydrogens is 698 g/mol. The zero-order chi connectivity index (χ0) is 39.4. The SMILES string of the molecule is CC(C)(C)OC(=O)N1CC(Oc2cnc3ccccc3n2)CC1C(=O)O.CN(C)C(=O)C1CC(Oc2cnc3ccccc3n2)CN1C(=O)OC(C)(C)C. The minimum atomic E-state index is -1.09. The number of likely N-dealkylation sites (tertiary alicyclic amines) is 2. The van der Waals surface area contributed by atoms with Crippen molar-refractivity contribution in [3.8, 4) is 11.8 Å². The number of aromatic nitrogens is 4. The van der Waals surface area contributed by atoms with Crippen LogP contribution in [0.3, 0.4) is 0 Å². The van der Waals surface area contributed by atoms with E-state index in [9.17, 15) is 24.3 Å². The molecule has 4 atom stereocenters. The van der Waals surface area contributed by atoms with Crippen molar-refractivity contribution in [2.75, 3.05) is 27.2 Å². The average Bonchev–Trinajstić information content (AvgIpc) is 3.72. The topological polar surface area (TPSA) is 187 Å². The van der Waals surface area contributed by atoms with Crippen LogP contribution >= 0.6 is 0 Å². The van der Waals surface area contributed by atoms with Crippen molar-refractivity contribution in [2.24, 2.45) is 0 Å². The maximum atomic E-state index is 12.6. The van der Waals surface area contributed by atoms with Crippen molar-refractivity contribution in [3.05, 3.63) is 60.9 Å². The zero-order valence-electron chi connectivity index (χ0n) is 31.8. The van der Waals surface area contributed by atoms with Gasteiger partial charge in [0.05, 0.1) is 47.6 Å². The summed E-state index contributed by atoms with van der Waals surface area (Å²) in [6.45, 7) is 10.9. The van der Waals surface area contributed by atoms with Crippen molar-refractivity contribution in [3.63, 3.8) is 0 Å². The Hall–Kier alpha value is -5.80. The third-order valence-electron chi connectivity index (χ3n) is 8.22. The van der Waals surface area contributed by atoms with E-state index in [1.807, 2.05) is 48.5 Å². The van der Waals surface area contributed by atoms with Gasteiger partial charge in [-0.15, -0.1) is 0 Å². The summed E-state index contributed by atoms with van der Waals surface area (Å²) in [5.74, 6) is -0.595. The summed E-state index contributed by atoms with van der Waals surface area (Å²) in [4.78, 5) is 70.6. The maximum Gasteiger partial charge on any atom is 0.411 e. The molecular formula is C38H47N7O9. The number of para-hydroxylation sites is 4. The minimum Gasteiger partial charge on any atom is -0.480 e. The molecule has 0 spiro atoms. The highest BCUT2D eigenvalue weighted by molar-refractivity contribution is 5.86. The zero-order valence-corrected chi connectivity index (χ0v) is 31.8. The Morgan fingerprint density at radius 1 is 0.667 bits per heavy atom. The van der Waals surface area contributed by atoms with Crippen molar-refractivity contribution >= 4 is 46.1 Å². The van der Waals surface area contributed by atoms with Crippen LogP contribution in [0.5, 0.6) is 11.8 Å². The predicted molar refractivity (Wildman–Crippen MR) is 197 cm³/mol. The van der Waals surface area contributed by atoms with Gasteiger partial charge in [0.2, 0.25) is 17.7 Å². The first-order valence-corrected chi connectivity index (χ1v) is 17.6. The van der Waals surface area contributed by atoms with E-state index in [0.717, 1.165) is 16.6 Å². The standard InChI is InChI=1S/C20H26N4O4.C18H21N3O5/c1-20(2,3)28-19(26)24-12-13(10-16(24)18(25)23(4)5)27-17-11-21-14-8-6-7-9-15(14)22-17;1-18(2,3)26-17(24)21-10-11(8-14(21)16(22)23)25-15-9-19-12-6-4-5-7-13(12)20-15/h6-9,11,13,16H,10,12H2,1-5H3;4-7,9,11,14H,8,10H2,1-3H3,(H,22,23). The molecule has 4 heterocycles. The van der Waals surface area contributed by atoms with Gasteiger partial charge in [0.15, 0.2) is 0 Å². The van der Waals surface area contributed by atoms with Crippen LogP contribution in [0.2, 0.25) is 0 Å². The number of ether oxygens (including phenoxy) is 4. The number of amides is 3. The molecule has 2 fully saturated rings. The molecule has 2 saturated heterocycles. The molecule has 0 aliphatic carbocycles. The number of benzene rings is 2. The van der Waals surface area contributed by atoms with Crippen molar-refractivity contribution in [2.45, 2.75) is 89.9 Å². The molecule has 2 aromatic heterocycles. The summed E-state index contributed by atoms with van der Waals surface area (Å²) in [7, 11) is 3.33. The van der Waals surface area contributed by atoms with Crippen LogP contribution in [0.4, 0.5) is 9.59 Å². The monoisotopic (exact) mass is 745 g/mol. The largest absolute Gasteiger partial charge is 0.480 e. The molecule has 0 bridgehead atoms. The summed E-state index contributed by atoms with van der Waals surface area (Å²) >= 11 is 0. The summed E-state index contributed by atoms with van der Waals surface area (Å²) in [6.07, 6.45) is 1.50. The van der Waals surface area contributed by atoms with Crippen LogP contribution in [0.15, 0.2) is 60.9 Å². The molecule has 288 valence electrons. The Morgan fingerprint density at radius 3 is 1.44 bits per heavy atom. The number of carboxylic acids is 1. The molecule has 3 amide bonds. The Kier molecular flexibility index (Phi) is 11.7. The number of rotatable bonds is 6. The number of hydrogen-bond donors (Lipinski definition) is 1. The predicted octanol–water partition coefficient (Wildman–Crippen LogP) is 4.95. The third kappa shape index (κ3) is 10.2. The molecule has 6 rings (SSSR count). The molecule has 4 unspecified atom stereocenters. The van der Waals surface area contributed by atoms with Gasteiger partial charge in [-0.05, 0) is 65.8 Å². The minimum absolute atomic E-state index is 0.111. The van der Waals surface area contributed by atoms with Gasteiger partial charge in [-0.1, -0.05) is 24.3 Å². The maximum absolute atomic E-state index is 12.6. The van der Waals surface area contributed by atoms with Gasteiger partial charge in [0, 0.05) is 26.9 Å². The molecule has 0 saturated carbocycles. The summed E-state index contributed by atoms with van der Waals surface area (Å²) in [5, 5.41) is 9.42. The number of fused-ring (bicyclic) bond motifs is 2. The molecule has 54 heavy (non-hydrogen) atoms. The van der Waals surface area contributed by atoms with Crippen molar-refractivity contribution < 1.29 is 43.2 Å². The second kappa shape index (κ2) is 16.1. The number of nitrogens with zero attached hydrogens (tertiary/aromatic N) is 7. The molecule has 2 aromatic carbocycles. The number of hydrogen-bond acceptors (Lipinski definition) is 12. The van der Waals surface area contributed by atoms with E-state index in [1.54, 1.807) is 61.8 Å². The van der Waals surface area contributed by atoms with Gasteiger partial charge in [0.1, 0.15) is 35.5 Å². The van der Waals surface area contributed by atoms with E-state index >= 15 is 0 Å². The van der Waals surface area contributed by atoms with Gasteiger partial charge in [0.25, 0.3) is 0 Å². The van der Waals surface area contributed by atoms with E-state index in [-0.39, 0.29) is 31.5 Å². The fourth-order valence-corrected chi connectivity index (χ4v) is 5.91. The lowest BCUT2D eigenvalue weighted by atomic mass is 10.2. The molecule has 1 N–H and O–H groups in total. The highest BCUT2D eigenvalue weighted by atomic mass is 16.6. The Morgan fingerprint density at radius 2 is 1.06 bits per heavy atom. The highest BCUT2D eigenvalue weighted by Gasteiger charge is 2.44. The second-order valence-electron chi connectivity index (χ2n) is 15.2. The number of carbonyl (C=O) groups is 4. The first-order valence-electron chi connectivity index (χ1n) is 17.6. The molecule has 16 heteroatoms. The van der Waals surface area contributed by atoms with Gasteiger partial charge in [-0.25, -0.2) is 34.3 Å². The van der Waals surface area contributed by atoms with Crippen LogP contribution in [0.25, 0.3) is 22.1 Å². The normalized spacial score (nSPS) is 19.9. The van der Waals surface area contributed by atoms with Crippen LogP contribution in [-0.2, 0) is 19.1 Å². The van der Waals surface area contributed by atoms with Crippen LogP contribution < -0.4 is 9.47 Å². The fourth-order valence-electron chi connectivity index (χ4n) is 5.91. The summed E-state index contributed by atoms with van der Waals surface area (Å²) < 4.78 is 22.5. The number of likely N-dealkylation sites (N-methyl/N-ethyl adjacent to an activating group) is 1. The lowest BCUT2D eigenvalue weighted by molar-refractivity contribution is -0.142. The summed E-state index contributed by atoms with van der Waals surface area (Å²) in [6, 6.07) is 13.2. The first-order chi connectivity index (χ1) is 25.4. The van der Waals surface area contributed by atoms with Crippen LogP contribution in [-0.4, -0.2) is 126 Å². The number of carboxylic acid groups (broad SMARTS) is 1. The average molecular weight is 746 g/mol. The summed E-state index contributed by atoms with van der Waals surface area (Å²) in [5.41, 5.74) is 1.57. The molecule has 16 nitrogen and oxygen atoms in total. The van der Waals surface area contributed by atoms with Crippen molar-refractivity contribution in [1.82, 2.24) is 34.6 Å². The van der Waals surface area contributed by atoms with E-state index < -0.39 is 47.5 Å². The van der Waals surface area contributed by atoms with Gasteiger partial charge in [-0.3, -0.25) is 14.6 Å². The van der Waals surface area contributed by atoms with Gasteiger partial charge in [-0.2, -0.15) is 0 Å². The van der Waals surface area contributed by atoms with Gasteiger partial charge < -0.3 is 29.0 Å². The number of aliphatic carboxylic acids is 1. The highest BCUT2D eigenvalue weighted by Crippen LogP contribution is 2.27. The molecule has 4 aromatic rings. The molecule has 2 aliphatic rings. The molecule has 2 aliphatic heterocycles. The van der Waals surface area contributed by atoms with E-state index in [4.69, 9.17) is 18.9 Å². The van der Waals surface area contributed by atoms with E-state index in [0.29, 0.717) is 23.7 Å². The number of carbonyl (C=O) groups excluding carboxylic acids is 3. The second-order valence-corrected chi connectivity index (χ2v) is 15.2. The lowest BCUT2D eigenvalue weighted by Crippen LogP contribution is -2.47. The third-order valence-corrected chi connectivity index (χ3v) is 8.22. The van der Waals surface area contributed by atoms with E-state index in [2.05, 4.69) is 19.9 Å². The van der Waals surface area contributed by atoms with E-state index in [1.165, 1.54) is 20.9 Å². The smallest absolute Gasteiger partial charge is 0.411 e. The Bertz CT molecular complexity index is 2000. The van der Waals surface area contributed by atoms with Crippen LogP contribution in [0.1, 0.15) is 54.4 Å². The lowest BCUT2D eigenvalue weighted by Gasteiger charge is -2.28. The molecule has 0 radical (unpaired) electrons. The Balaban J connectivity index is 0.000000208. The fraction of sp³-hybridized carbons (Fsp3) is 0.474. The quantitative estimate of drug-likeness (QED) is 0.280. The van der Waals surface area contributed by atoms with Crippen LogP contribution in [0, 0.1) is 0 Å². The van der Waals surface area contributed by atoms with Gasteiger partial charge >= 0.3 is 18.2 Å². The Labute approximate surface area is 313 Å². The first kappa shape index (κ1) is 39.4. The van der Waals surface area contributed by atoms with Crippen molar-refractivity contribution in [1.29, 1.82) is 0 Å².